The van der Waals surface area contributed by atoms with Crippen LogP contribution in [0.15, 0.2) is 18.2 Å². The highest BCUT2D eigenvalue weighted by atomic mass is 35.5. The lowest BCUT2D eigenvalue weighted by Crippen LogP contribution is -2.55. The van der Waals surface area contributed by atoms with E-state index in [2.05, 4.69) is 5.32 Å². The maximum atomic E-state index is 13.8. The van der Waals surface area contributed by atoms with E-state index in [1.54, 1.807) is 6.07 Å². The SMILES string of the molecule is C[C@H]1CNCCN1S(=O)(=O)N(C)Cc1c(F)cccc1Cl.Cl. The van der Waals surface area contributed by atoms with Crippen LogP contribution in [0.4, 0.5) is 4.39 Å². The van der Waals surface area contributed by atoms with Gasteiger partial charge in [-0.2, -0.15) is 17.0 Å². The number of nitrogens with one attached hydrogen (secondary N) is 1. The summed E-state index contributed by atoms with van der Waals surface area (Å²) in [5.41, 5.74) is 0.188. The summed E-state index contributed by atoms with van der Waals surface area (Å²) in [5.74, 6) is -0.502. The first-order valence-corrected chi connectivity index (χ1v) is 8.48. The van der Waals surface area contributed by atoms with Gasteiger partial charge in [-0.15, -0.1) is 12.4 Å². The Morgan fingerprint density at radius 2 is 2.18 bits per heavy atom. The molecule has 0 spiro atoms. The maximum absolute atomic E-state index is 13.8. The van der Waals surface area contributed by atoms with E-state index in [4.69, 9.17) is 11.6 Å². The Labute approximate surface area is 142 Å². The van der Waals surface area contributed by atoms with E-state index in [1.807, 2.05) is 6.92 Å². The molecule has 0 saturated carbocycles. The van der Waals surface area contributed by atoms with Crippen molar-refractivity contribution in [3.05, 3.63) is 34.6 Å². The fourth-order valence-corrected chi connectivity index (χ4v) is 4.06. The van der Waals surface area contributed by atoms with Gasteiger partial charge in [0.2, 0.25) is 0 Å². The average Bonchev–Trinajstić information content (AvgIpc) is 2.43. The molecule has 1 atom stereocenters. The molecule has 1 heterocycles. The number of benzene rings is 1. The summed E-state index contributed by atoms with van der Waals surface area (Å²) in [7, 11) is -2.20. The molecule has 1 aliphatic heterocycles. The molecule has 0 radical (unpaired) electrons. The van der Waals surface area contributed by atoms with Gasteiger partial charge < -0.3 is 5.32 Å². The number of halogens is 3. The lowest BCUT2D eigenvalue weighted by atomic mass is 10.2. The number of rotatable bonds is 4. The van der Waals surface area contributed by atoms with Crippen molar-refractivity contribution in [2.24, 2.45) is 0 Å². The van der Waals surface area contributed by atoms with Crippen LogP contribution in [0, 0.1) is 5.82 Å². The molecule has 1 saturated heterocycles. The minimum absolute atomic E-state index is 0. The molecule has 1 aliphatic rings. The Balaban J connectivity index is 0.00000242. The van der Waals surface area contributed by atoms with E-state index in [0.29, 0.717) is 19.6 Å². The van der Waals surface area contributed by atoms with Gasteiger partial charge in [0.15, 0.2) is 0 Å². The number of piperazine rings is 1. The predicted molar refractivity (Wildman–Crippen MR) is 88.1 cm³/mol. The number of hydrogen-bond donors (Lipinski definition) is 1. The van der Waals surface area contributed by atoms with Gasteiger partial charge in [0.25, 0.3) is 10.2 Å². The summed E-state index contributed by atoms with van der Waals surface area (Å²) >= 11 is 5.95. The van der Waals surface area contributed by atoms with Crippen molar-refractivity contribution in [2.75, 3.05) is 26.7 Å². The molecular weight excluding hydrogens is 352 g/mol. The van der Waals surface area contributed by atoms with E-state index < -0.39 is 16.0 Å². The van der Waals surface area contributed by atoms with Crippen LogP contribution < -0.4 is 5.32 Å². The van der Waals surface area contributed by atoms with Crippen LogP contribution in [0.25, 0.3) is 0 Å². The molecule has 1 fully saturated rings. The van der Waals surface area contributed by atoms with Crippen molar-refractivity contribution in [3.63, 3.8) is 0 Å². The molecular formula is C13H20Cl2FN3O2S. The lowest BCUT2D eigenvalue weighted by Gasteiger charge is -2.35. The van der Waals surface area contributed by atoms with E-state index in [1.165, 1.54) is 23.5 Å². The van der Waals surface area contributed by atoms with Crippen LogP contribution in [-0.4, -0.2) is 49.8 Å². The molecule has 0 unspecified atom stereocenters. The normalized spacial score (nSPS) is 20.0. The zero-order valence-electron chi connectivity index (χ0n) is 12.4. The van der Waals surface area contributed by atoms with Gasteiger partial charge in [-0.3, -0.25) is 0 Å². The van der Waals surface area contributed by atoms with Crippen LogP contribution in [0.5, 0.6) is 0 Å². The molecule has 0 bridgehead atoms. The van der Waals surface area contributed by atoms with Gasteiger partial charge in [-0.25, -0.2) is 4.39 Å². The Morgan fingerprint density at radius 1 is 1.50 bits per heavy atom. The quantitative estimate of drug-likeness (QED) is 0.878. The van der Waals surface area contributed by atoms with Crippen molar-refractivity contribution in [1.29, 1.82) is 0 Å². The topological polar surface area (TPSA) is 52.7 Å². The minimum atomic E-state index is -3.64. The van der Waals surface area contributed by atoms with E-state index in [9.17, 15) is 12.8 Å². The van der Waals surface area contributed by atoms with Crippen LogP contribution in [0.3, 0.4) is 0 Å². The van der Waals surface area contributed by atoms with Crippen molar-refractivity contribution < 1.29 is 12.8 Å². The fraction of sp³-hybridized carbons (Fsp3) is 0.538. The molecule has 9 heteroatoms. The molecule has 22 heavy (non-hydrogen) atoms. The Hall–Kier alpha value is -0.440. The summed E-state index contributed by atoms with van der Waals surface area (Å²) < 4.78 is 41.5. The summed E-state index contributed by atoms with van der Waals surface area (Å²) in [6, 6.07) is 4.18. The Bertz CT molecular complexity index is 595. The molecule has 1 N–H and O–H groups in total. The first kappa shape index (κ1) is 19.6. The van der Waals surface area contributed by atoms with Gasteiger partial charge in [-0.05, 0) is 19.1 Å². The van der Waals surface area contributed by atoms with Crippen LogP contribution in [0.2, 0.25) is 5.02 Å². The van der Waals surface area contributed by atoms with Gasteiger partial charge in [-0.1, -0.05) is 17.7 Å². The third kappa shape index (κ3) is 4.10. The molecule has 1 aromatic carbocycles. The van der Waals surface area contributed by atoms with Crippen LogP contribution >= 0.6 is 24.0 Å². The van der Waals surface area contributed by atoms with Crippen molar-refractivity contribution in [2.45, 2.75) is 19.5 Å². The molecule has 1 aromatic rings. The van der Waals surface area contributed by atoms with Gasteiger partial charge >= 0.3 is 0 Å². The second-order valence-corrected chi connectivity index (χ2v) is 7.52. The van der Waals surface area contributed by atoms with Crippen LogP contribution in [-0.2, 0) is 16.8 Å². The van der Waals surface area contributed by atoms with Gasteiger partial charge in [0.05, 0.1) is 0 Å². The first-order valence-electron chi connectivity index (χ1n) is 6.70. The predicted octanol–water partition coefficient (Wildman–Crippen LogP) is 1.87. The lowest BCUT2D eigenvalue weighted by molar-refractivity contribution is 0.262. The maximum Gasteiger partial charge on any atom is 0.282 e. The molecule has 0 aliphatic carbocycles. The smallest absolute Gasteiger partial charge is 0.282 e. The zero-order valence-corrected chi connectivity index (χ0v) is 14.8. The van der Waals surface area contributed by atoms with Crippen molar-refractivity contribution in [3.8, 4) is 0 Å². The van der Waals surface area contributed by atoms with Gasteiger partial charge in [0.1, 0.15) is 5.82 Å². The van der Waals surface area contributed by atoms with E-state index >= 15 is 0 Å². The average molecular weight is 372 g/mol. The highest BCUT2D eigenvalue weighted by molar-refractivity contribution is 7.86. The first-order chi connectivity index (χ1) is 9.84. The highest BCUT2D eigenvalue weighted by Crippen LogP contribution is 2.23. The molecule has 2 rings (SSSR count). The van der Waals surface area contributed by atoms with Crippen LogP contribution in [0.1, 0.15) is 12.5 Å². The zero-order chi connectivity index (χ0) is 15.6. The molecule has 0 aromatic heterocycles. The molecule has 5 nitrogen and oxygen atoms in total. The third-order valence-electron chi connectivity index (χ3n) is 3.57. The largest absolute Gasteiger partial charge is 0.314 e. The van der Waals surface area contributed by atoms with Gasteiger partial charge in [0, 0.05) is 49.9 Å². The standard InChI is InChI=1S/C13H19ClFN3O2S.ClH/c1-10-8-16-6-7-18(10)21(19,20)17(2)9-11-12(14)4-3-5-13(11)15;/h3-5,10,16H,6-9H2,1-2H3;1H/t10-;/m0./s1. The minimum Gasteiger partial charge on any atom is -0.314 e. The molecule has 0 amide bonds. The Kier molecular flexibility index (Phi) is 7.04. The second-order valence-electron chi connectivity index (χ2n) is 5.13. The molecule has 126 valence electrons. The van der Waals surface area contributed by atoms with Crippen molar-refractivity contribution >= 4 is 34.2 Å². The number of nitrogens with zero attached hydrogens (tertiary/aromatic N) is 2. The summed E-state index contributed by atoms with van der Waals surface area (Å²) in [4.78, 5) is 0. The second kappa shape index (κ2) is 7.90. The van der Waals surface area contributed by atoms with E-state index in [-0.39, 0.29) is 35.6 Å². The van der Waals surface area contributed by atoms with E-state index in [0.717, 1.165) is 4.31 Å². The highest BCUT2D eigenvalue weighted by Gasteiger charge is 2.33. The third-order valence-corrected chi connectivity index (χ3v) is 5.98. The van der Waals surface area contributed by atoms with Crippen molar-refractivity contribution in [1.82, 2.24) is 13.9 Å². The summed E-state index contributed by atoms with van der Waals surface area (Å²) in [5, 5.41) is 3.36. The summed E-state index contributed by atoms with van der Waals surface area (Å²) in [6.45, 7) is 3.36. The monoisotopic (exact) mass is 371 g/mol. The Morgan fingerprint density at radius 3 is 2.77 bits per heavy atom. The fourth-order valence-electron chi connectivity index (χ4n) is 2.33. The summed E-state index contributed by atoms with van der Waals surface area (Å²) in [6.07, 6.45) is 0. The number of hydrogen-bond acceptors (Lipinski definition) is 3.